The third-order valence-corrected chi connectivity index (χ3v) is 6.50. The van der Waals surface area contributed by atoms with Crippen molar-refractivity contribution < 1.29 is 14.4 Å². The molecule has 2 aromatic heterocycles. The number of piperidine rings is 1. The van der Waals surface area contributed by atoms with Crippen LogP contribution < -0.4 is 21.9 Å². The largest absolute Gasteiger partial charge is 0.330 e. The highest BCUT2D eigenvalue weighted by Crippen LogP contribution is 2.25. The van der Waals surface area contributed by atoms with E-state index in [2.05, 4.69) is 20.6 Å². The zero-order chi connectivity index (χ0) is 23.0. The van der Waals surface area contributed by atoms with Crippen LogP contribution in [0.2, 0.25) is 0 Å². The van der Waals surface area contributed by atoms with Crippen LogP contribution in [0.15, 0.2) is 23.0 Å². The van der Waals surface area contributed by atoms with E-state index in [0.29, 0.717) is 40.6 Å². The molecule has 4 N–H and O–H groups in total. The summed E-state index contributed by atoms with van der Waals surface area (Å²) in [6.07, 6.45) is 0.968. The van der Waals surface area contributed by atoms with Crippen LogP contribution >= 0.6 is 11.3 Å². The SMILES string of the molecule is Cc1nc(CCN)sc1C(=O)Nc1cccc2c(=O)n(C3CCC(=O)NC3=O)c(C)nc12. The van der Waals surface area contributed by atoms with E-state index >= 15 is 0 Å². The number of thiazole rings is 1. The van der Waals surface area contributed by atoms with Gasteiger partial charge in [-0.3, -0.25) is 29.1 Å². The number of hydrogen-bond donors (Lipinski definition) is 3. The van der Waals surface area contributed by atoms with Crippen LogP contribution in [0, 0.1) is 13.8 Å². The molecule has 1 aliphatic heterocycles. The Morgan fingerprint density at radius 1 is 1.28 bits per heavy atom. The Morgan fingerprint density at radius 3 is 2.78 bits per heavy atom. The van der Waals surface area contributed by atoms with Gasteiger partial charge in [0.1, 0.15) is 22.3 Å². The minimum Gasteiger partial charge on any atom is -0.330 e. The lowest BCUT2D eigenvalue weighted by Gasteiger charge is -2.24. The number of aryl methyl sites for hydroxylation is 2. The fraction of sp³-hybridized carbons (Fsp3) is 0.333. The van der Waals surface area contributed by atoms with Crippen molar-refractivity contribution in [3.63, 3.8) is 0 Å². The fourth-order valence-electron chi connectivity index (χ4n) is 3.80. The third kappa shape index (κ3) is 3.92. The molecule has 4 rings (SSSR count). The molecule has 1 unspecified atom stereocenters. The summed E-state index contributed by atoms with van der Waals surface area (Å²) in [5, 5.41) is 6.15. The molecular weight excluding hydrogens is 432 g/mol. The molecule has 1 aromatic carbocycles. The van der Waals surface area contributed by atoms with Crippen molar-refractivity contribution in [3.8, 4) is 0 Å². The van der Waals surface area contributed by atoms with Gasteiger partial charge in [0.2, 0.25) is 11.8 Å². The van der Waals surface area contributed by atoms with Gasteiger partial charge in [0.15, 0.2) is 0 Å². The van der Waals surface area contributed by atoms with Crippen LogP contribution in [0.4, 0.5) is 5.69 Å². The number of benzene rings is 1. The number of imide groups is 1. The summed E-state index contributed by atoms with van der Waals surface area (Å²) in [7, 11) is 0. The van der Waals surface area contributed by atoms with Crippen LogP contribution in [0.3, 0.4) is 0 Å². The van der Waals surface area contributed by atoms with Crippen molar-refractivity contribution in [1.82, 2.24) is 19.9 Å². The second kappa shape index (κ2) is 8.60. The van der Waals surface area contributed by atoms with Crippen LogP contribution in [0.25, 0.3) is 10.9 Å². The molecule has 3 aromatic rings. The smallest absolute Gasteiger partial charge is 0.267 e. The van der Waals surface area contributed by atoms with E-state index in [-0.39, 0.29) is 30.0 Å². The molecule has 0 spiro atoms. The van der Waals surface area contributed by atoms with Crippen molar-refractivity contribution in [2.24, 2.45) is 5.73 Å². The normalized spacial score (nSPS) is 16.3. The van der Waals surface area contributed by atoms with Gasteiger partial charge in [-0.2, -0.15) is 0 Å². The Labute approximate surface area is 186 Å². The molecule has 0 saturated carbocycles. The Hall–Kier alpha value is -3.44. The topological polar surface area (TPSA) is 149 Å². The number of nitrogens with zero attached hydrogens (tertiary/aromatic N) is 3. The summed E-state index contributed by atoms with van der Waals surface area (Å²) in [5.74, 6) is -0.905. The summed E-state index contributed by atoms with van der Waals surface area (Å²) >= 11 is 1.28. The number of carbonyl (C=O) groups excluding carboxylic acids is 3. The van der Waals surface area contributed by atoms with Gasteiger partial charge in [-0.05, 0) is 38.9 Å². The summed E-state index contributed by atoms with van der Waals surface area (Å²) in [5.41, 5.74) is 6.50. The highest BCUT2D eigenvalue weighted by atomic mass is 32.1. The molecule has 1 atom stereocenters. The van der Waals surface area contributed by atoms with Gasteiger partial charge in [0.05, 0.1) is 21.8 Å². The molecule has 1 saturated heterocycles. The maximum absolute atomic E-state index is 13.2. The van der Waals surface area contributed by atoms with Crippen molar-refractivity contribution in [1.29, 1.82) is 0 Å². The van der Waals surface area contributed by atoms with E-state index in [1.54, 1.807) is 32.0 Å². The summed E-state index contributed by atoms with van der Waals surface area (Å²) < 4.78 is 1.31. The standard InChI is InChI=1S/C21H22N6O4S/c1-10-18(32-16(23-10)8-9-22)20(30)25-13-5-3-4-12-17(13)24-11(2)27(21(12)31)14-6-7-15(28)26-19(14)29/h3-5,14H,6-9,22H2,1-2H3,(H,25,30)(H,26,28,29). The lowest BCUT2D eigenvalue weighted by Crippen LogP contribution is -2.45. The van der Waals surface area contributed by atoms with Gasteiger partial charge in [-0.25, -0.2) is 9.97 Å². The molecule has 10 nitrogen and oxygen atoms in total. The van der Waals surface area contributed by atoms with Gasteiger partial charge in [-0.15, -0.1) is 11.3 Å². The molecule has 0 aliphatic carbocycles. The van der Waals surface area contributed by atoms with Crippen molar-refractivity contribution in [3.05, 3.63) is 50.0 Å². The number of amides is 3. The van der Waals surface area contributed by atoms with Crippen LogP contribution in [0.1, 0.15) is 45.1 Å². The Bertz CT molecular complexity index is 1310. The lowest BCUT2D eigenvalue weighted by molar-refractivity contribution is -0.135. The first-order valence-corrected chi connectivity index (χ1v) is 10.9. The number of hydrogen-bond acceptors (Lipinski definition) is 8. The first kappa shape index (κ1) is 21.8. The molecule has 32 heavy (non-hydrogen) atoms. The second-order valence-electron chi connectivity index (χ2n) is 7.52. The summed E-state index contributed by atoms with van der Waals surface area (Å²) in [4.78, 5) is 59.3. The van der Waals surface area contributed by atoms with Gasteiger partial charge in [-0.1, -0.05) is 6.07 Å². The lowest BCUT2D eigenvalue weighted by atomic mass is 10.1. The number of nitrogens with two attached hydrogens (primary N) is 1. The minimum absolute atomic E-state index is 0.150. The molecule has 11 heteroatoms. The summed E-state index contributed by atoms with van der Waals surface area (Å²) in [6.45, 7) is 3.82. The maximum Gasteiger partial charge on any atom is 0.267 e. The first-order chi connectivity index (χ1) is 15.3. The van der Waals surface area contributed by atoms with Gasteiger partial charge >= 0.3 is 0 Å². The van der Waals surface area contributed by atoms with E-state index in [1.165, 1.54) is 15.9 Å². The molecule has 1 fully saturated rings. The van der Waals surface area contributed by atoms with E-state index in [4.69, 9.17) is 5.73 Å². The number of nitrogens with one attached hydrogen (secondary N) is 2. The molecule has 0 bridgehead atoms. The quantitative estimate of drug-likeness (QED) is 0.490. The fourth-order valence-corrected chi connectivity index (χ4v) is 4.77. The zero-order valence-corrected chi connectivity index (χ0v) is 18.4. The molecule has 166 valence electrons. The number of carbonyl (C=O) groups is 3. The third-order valence-electron chi connectivity index (χ3n) is 5.28. The Morgan fingerprint density at radius 2 is 2.06 bits per heavy atom. The first-order valence-electron chi connectivity index (χ1n) is 10.1. The van der Waals surface area contributed by atoms with E-state index in [0.717, 1.165) is 5.01 Å². The maximum atomic E-state index is 13.2. The van der Waals surface area contributed by atoms with Crippen molar-refractivity contribution >= 4 is 45.6 Å². The van der Waals surface area contributed by atoms with Gasteiger partial charge in [0, 0.05) is 12.8 Å². The average molecular weight is 455 g/mol. The van der Waals surface area contributed by atoms with Crippen molar-refractivity contribution in [2.45, 2.75) is 39.2 Å². The highest BCUT2D eigenvalue weighted by Gasteiger charge is 2.30. The number of rotatable bonds is 5. The number of aromatic nitrogens is 3. The van der Waals surface area contributed by atoms with E-state index in [9.17, 15) is 19.2 Å². The molecule has 3 heterocycles. The predicted molar refractivity (Wildman–Crippen MR) is 120 cm³/mol. The van der Waals surface area contributed by atoms with Gasteiger partial charge in [0.25, 0.3) is 11.5 Å². The van der Waals surface area contributed by atoms with E-state index in [1.807, 2.05) is 0 Å². The molecular formula is C21H22N6O4S. The number of anilines is 1. The Kier molecular flexibility index (Phi) is 5.85. The molecule has 0 radical (unpaired) electrons. The Balaban J connectivity index is 1.72. The second-order valence-corrected chi connectivity index (χ2v) is 8.60. The summed E-state index contributed by atoms with van der Waals surface area (Å²) in [6, 6.07) is 4.10. The van der Waals surface area contributed by atoms with Crippen molar-refractivity contribution in [2.75, 3.05) is 11.9 Å². The molecule has 1 aliphatic rings. The monoisotopic (exact) mass is 454 g/mol. The minimum atomic E-state index is -0.809. The average Bonchev–Trinajstić information content (AvgIpc) is 3.11. The van der Waals surface area contributed by atoms with Gasteiger partial charge < -0.3 is 11.1 Å². The van der Waals surface area contributed by atoms with E-state index < -0.39 is 17.5 Å². The van der Waals surface area contributed by atoms with Crippen LogP contribution in [-0.4, -0.2) is 38.8 Å². The van der Waals surface area contributed by atoms with Crippen LogP contribution in [0.5, 0.6) is 0 Å². The number of fused-ring (bicyclic) bond motifs is 1. The number of para-hydroxylation sites is 1. The zero-order valence-electron chi connectivity index (χ0n) is 17.6. The highest BCUT2D eigenvalue weighted by molar-refractivity contribution is 7.13. The molecule has 3 amide bonds. The predicted octanol–water partition coefficient (Wildman–Crippen LogP) is 1.20. The van der Waals surface area contributed by atoms with Crippen LogP contribution in [-0.2, 0) is 16.0 Å².